The molecule has 0 spiro atoms. The van der Waals surface area contributed by atoms with Gasteiger partial charge in [-0.25, -0.2) is 8.42 Å². The zero-order valence-electron chi connectivity index (χ0n) is 13.4. The van der Waals surface area contributed by atoms with E-state index in [9.17, 15) is 13.2 Å². The number of hydrogen-bond donors (Lipinski definition) is 2. The van der Waals surface area contributed by atoms with Gasteiger partial charge in [-0.3, -0.25) is 10.2 Å². The van der Waals surface area contributed by atoms with Crippen molar-refractivity contribution in [1.82, 2.24) is 10.3 Å². The molecule has 26 heavy (non-hydrogen) atoms. The summed E-state index contributed by atoms with van der Waals surface area (Å²) in [6.45, 7) is 0.824. The molecule has 0 atom stereocenters. The predicted molar refractivity (Wildman–Crippen MR) is 87.8 cm³/mol. The van der Waals surface area contributed by atoms with E-state index in [-0.39, 0.29) is 17.3 Å². The van der Waals surface area contributed by atoms with E-state index in [1.807, 2.05) is 0 Å². The van der Waals surface area contributed by atoms with Gasteiger partial charge < -0.3 is 18.9 Å². The number of hydrazine groups is 1. The maximum Gasteiger partial charge on any atom is 0.266 e. The van der Waals surface area contributed by atoms with Crippen LogP contribution in [0.1, 0.15) is 10.4 Å². The van der Waals surface area contributed by atoms with E-state index in [1.165, 1.54) is 30.3 Å². The summed E-state index contributed by atoms with van der Waals surface area (Å²) < 4.78 is 45.8. The minimum absolute atomic E-state index is 0.0623. The zero-order valence-corrected chi connectivity index (χ0v) is 14.2. The Kier molecular flexibility index (Phi) is 4.05. The van der Waals surface area contributed by atoms with Gasteiger partial charge in [-0.05, 0) is 30.3 Å². The van der Waals surface area contributed by atoms with Crippen LogP contribution < -0.4 is 29.2 Å². The van der Waals surface area contributed by atoms with E-state index in [0.717, 1.165) is 0 Å². The van der Waals surface area contributed by atoms with Crippen LogP contribution in [-0.4, -0.2) is 34.3 Å². The fourth-order valence-corrected chi connectivity index (χ4v) is 3.33. The molecule has 4 rings (SSSR count). The van der Waals surface area contributed by atoms with E-state index >= 15 is 0 Å². The highest BCUT2D eigenvalue weighted by Gasteiger charge is 2.21. The first kappa shape index (κ1) is 16.5. The first-order valence-electron chi connectivity index (χ1n) is 7.64. The molecule has 1 amide bonds. The lowest BCUT2D eigenvalue weighted by atomic mass is 10.2. The van der Waals surface area contributed by atoms with Gasteiger partial charge in [-0.1, -0.05) is 0 Å². The van der Waals surface area contributed by atoms with Gasteiger partial charge in [0, 0.05) is 11.6 Å². The van der Waals surface area contributed by atoms with Crippen molar-refractivity contribution in [3.05, 3.63) is 42.0 Å². The maximum absolute atomic E-state index is 12.4. The van der Waals surface area contributed by atoms with E-state index in [0.29, 0.717) is 36.2 Å². The van der Waals surface area contributed by atoms with Crippen molar-refractivity contribution in [2.45, 2.75) is 4.90 Å². The summed E-state index contributed by atoms with van der Waals surface area (Å²) in [4.78, 5) is 14.2. The molecule has 2 heterocycles. The van der Waals surface area contributed by atoms with Crippen LogP contribution in [-0.2, 0) is 10.0 Å². The third kappa shape index (κ3) is 3.11. The standard InChI is InChI=1S/C16H14N2O7S/c19-16(10-1-3-13-14(7-10)25-9-24-13)17-18-26(20,21)11-2-4-12-15(8-11)23-6-5-22-12/h1-4,7-8,18H,5-6,9H2,(H,17,19). The van der Waals surface area contributed by atoms with Crippen molar-refractivity contribution in [2.75, 3.05) is 20.0 Å². The fraction of sp³-hybridized carbons (Fsp3) is 0.188. The summed E-state index contributed by atoms with van der Waals surface area (Å²) in [5.74, 6) is 1.12. The highest BCUT2D eigenvalue weighted by molar-refractivity contribution is 7.89. The van der Waals surface area contributed by atoms with Gasteiger partial charge in [-0.15, -0.1) is 4.83 Å². The van der Waals surface area contributed by atoms with Crippen molar-refractivity contribution in [2.24, 2.45) is 0 Å². The molecule has 0 fully saturated rings. The fourth-order valence-electron chi connectivity index (χ4n) is 2.47. The summed E-state index contributed by atoms with van der Waals surface area (Å²) in [5, 5.41) is 0. The monoisotopic (exact) mass is 378 g/mol. The second-order valence-electron chi connectivity index (χ2n) is 5.43. The van der Waals surface area contributed by atoms with E-state index in [4.69, 9.17) is 18.9 Å². The summed E-state index contributed by atoms with van der Waals surface area (Å²) in [5.41, 5.74) is 2.39. The number of sulfonamides is 1. The molecular weight excluding hydrogens is 364 g/mol. The molecule has 0 aliphatic carbocycles. The minimum Gasteiger partial charge on any atom is -0.486 e. The molecule has 0 bridgehead atoms. The molecule has 136 valence electrons. The molecule has 0 radical (unpaired) electrons. The van der Waals surface area contributed by atoms with Crippen LogP contribution in [0.4, 0.5) is 0 Å². The lowest BCUT2D eigenvalue weighted by Gasteiger charge is -2.19. The Morgan fingerprint density at radius 3 is 2.35 bits per heavy atom. The second-order valence-corrected chi connectivity index (χ2v) is 7.12. The average Bonchev–Trinajstić information content (AvgIpc) is 3.13. The van der Waals surface area contributed by atoms with Crippen LogP contribution in [0.3, 0.4) is 0 Å². The molecule has 2 aromatic carbocycles. The van der Waals surface area contributed by atoms with Crippen molar-refractivity contribution in [3.63, 3.8) is 0 Å². The number of fused-ring (bicyclic) bond motifs is 2. The Morgan fingerprint density at radius 1 is 0.846 bits per heavy atom. The van der Waals surface area contributed by atoms with Gasteiger partial charge in [0.05, 0.1) is 4.90 Å². The van der Waals surface area contributed by atoms with Crippen LogP contribution >= 0.6 is 0 Å². The zero-order chi connectivity index (χ0) is 18.1. The second kappa shape index (κ2) is 6.39. The van der Waals surface area contributed by atoms with Crippen LogP contribution in [0.5, 0.6) is 23.0 Å². The summed E-state index contributed by atoms with van der Waals surface area (Å²) in [6.07, 6.45) is 0. The van der Waals surface area contributed by atoms with Crippen molar-refractivity contribution in [1.29, 1.82) is 0 Å². The number of carbonyl (C=O) groups excluding carboxylic acids is 1. The number of carbonyl (C=O) groups is 1. The minimum atomic E-state index is -3.98. The van der Waals surface area contributed by atoms with Crippen LogP contribution in [0.15, 0.2) is 41.3 Å². The SMILES string of the molecule is O=C(NNS(=O)(=O)c1ccc2c(c1)OCCO2)c1ccc2c(c1)OCO2. The molecular formula is C16H14N2O7S. The number of benzene rings is 2. The lowest BCUT2D eigenvalue weighted by molar-refractivity contribution is 0.0944. The Morgan fingerprint density at radius 2 is 1.50 bits per heavy atom. The van der Waals surface area contributed by atoms with Crippen LogP contribution in [0.25, 0.3) is 0 Å². The lowest BCUT2D eigenvalue weighted by Crippen LogP contribution is -2.41. The molecule has 0 unspecified atom stereocenters. The molecule has 2 N–H and O–H groups in total. The Balaban J connectivity index is 1.47. The van der Waals surface area contributed by atoms with Crippen LogP contribution in [0.2, 0.25) is 0 Å². The number of amides is 1. The van der Waals surface area contributed by atoms with Gasteiger partial charge >= 0.3 is 0 Å². The molecule has 2 aromatic rings. The van der Waals surface area contributed by atoms with Crippen molar-refractivity contribution in [3.8, 4) is 23.0 Å². The third-order valence-corrected chi connectivity index (χ3v) is 5.00. The van der Waals surface area contributed by atoms with E-state index < -0.39 is 15.9 Å². The number of ether oxygens (including phenoxy) is 4. The third-order valence-electron chi connectivity index (χ3n) is 3.76. The molecule has 9 nitrogen and oxygen atoms in total. The van der Waals surface area contributed by atoms with E-state index in [2.05, 4.69) is 10.3 Å². The molecule has 10 heteroatoms. The molecule has 0 saturated carbocycles. The normalized spacial score (nSPS) is 14.8. The Labute approximate surface area is 148 Å². The highest BCUT2D eigenvalue weighted by atomic mass is 32.2. The van der Waals surface area contributed by atoms with Gasteiger partial charge in [0.15, 0.2) is 23.0 Å². The summed E-state index contributed by atoms with van der Waals surface area (Å²) in [6, 6.07) is 8.75. The Bertz CT molecular complexity index is 975. The maximum atomic E-state index is 12.4. The van der Waals surface area contributed by atoms with Gasteiger partial charge in [0.1, 0.15) is 13.2 Å². The summed E-state index contributed by atoms with van der Waals surface area (Å²) >= 11 is 0. The largest absolute Gasteiger partial charge is 0.486 e. The average molecular weight is 378 g/mol. The van der Waals surface area contributed by atoms with Crippen molar-refractivity contribution < 1.29 is 32.2 Å². The molecule has 2 aliphatic heterocycles. The number of rotatable bonds is 4. The van der Waals surface area contributed by atoms with Gasteiger partial charge in [-0.2, -0.15) is 0 Å². The quantitative estimate of drug-likeness (QED) is 0.757. The molecule has 0 aromatic heterocycles. The van der Waals surface area contributed by atoms with Gasteiger partial charge in [0.25, 0.3) is 15.9 Å². The van der Waals surface area contributed by atoms with E-state index in [1.54, 1.807) is 6.07 Å². The first-order chi connectivity index (χ1) is 12.5. The van der Waals surface area contributed by atoms with Crippen molar-refractivity contribution >= 4 is 15.9 Å². The smallest absolute Gasteiger partial charge is 0.266 e. The highest BCUT2D eigenvalue weighted by Crippen LogP contribution is 2.33. The summed E-state index contributed by atoms with van der Waals surface area (Å²) in [7, 11) is -3.98. The topological polar surface area (TPSA) is 112 Å². The predicted octanol–water partition coefficient (Wildman–Crippen LogP) is 0.810. The molecule has 2 aliphatic rings. The van der Waals surface area contributed by atoms with Crippen LogP contribution in [0, 0.1) is 0 Å². The van der Waals surface area contributed by atoms with Gasteiger partial charge in [0.2, 0.25) is 6.79 Å². The first-order valence-corrected chi connectivity index (χ1v) is 9.13. The Hall–Kier alpha value is -2.98. The number of nitrogens with one attached hydrogen (secondary N) is 2. The number of hydrogen-bond acceptors (Lipinski definition) is 7. The molecule has 0 saturated heterocycles.